The van der Waals surface area contributed by atoms with Crippen LogP contribution in [0.15, 0.2) is 6.07 Å². The molecule has 0 amide bonds. The highest BCUT2D eigenvalue weighted by Gasteiger charge is 2.24. The summed E-state index contributed by atoms with van der Waals surface area (Å²) in [7, 11) is 0. The molecule has 5 heteroatoms. The van der Waals surface area contributed by atoms with Gasteiger partial charge in [0.05, 0.1) is 5.69 Å². The van der Waals surface area contributed by atoms with Gasteiger partial charge in [0.1, 0.15) is 5.82 Å². The first-order chi connectivity index (χ1) is 10.2. The van der Waals surface area contributed by atoms with Gasteiger partial charge in [0.2, 0.25) is 0 Å². The molecule has 1 saturated heterocycles. The molecular weight excluding hydrogens is 262 g/mol. The molecule has 1 aliphatic carbocycles. The summed E-state index contributed by atoms with van der Waals surface area (Å²) in [6.45, 7) is 6.51. The van der Waals surface area contributed by atoms with Crippen LogP contribution in [0.25, 0.3) is 5.65 Å². The first-order valence-electron chi connectivity index (χ1n) is 8.11. The number of rotatable bonds is 3. The number of fused-ring (bicyclic) bond motifs is 2. The number of aromatic nitrogens is 3. The van der Waals surface area contributed by atoms with Crippen molar-refractivity contribution in [1.82, 2.24) is 19.9 Å². The smallest absolute Gasteiger partial charge is 0.157 e. The predicted molar refractivity (Wildman–Crippen MR) is 84.0 cm³/mol. The van der Waals surface area contributed by atoms with E-state index in [1.165, 1.54) is 29.9 Å². The standard InChI is InChI=1S/C16H23N5/c1-10(2)14-8-15-19-13-5-3-4-12(13)16(21(15)20-14)18-11-6-7-17-9-11/h8,10-11,17-18H,3-7,9H2,1-2H3. The number of nitrogens with zero attached hydrogens (tertiary/aromatic N) is 3. The number of hydrogen-bond donors (Lipinski definition) is 2. The van der Waals surface area contributed by atoms with E-state index in [1.807, 2.05) is 4.52 Å². The fourth-order valence-electron chi connectivity index (χ4n) is 3.41. The Morgan fingerprint density at radius 2 is 2.29 bits per heavy atom. The highest BCUT2D eigenvalue weighted by atomic mass is 15.3. The van der Waals surface area contributed by atoms with Crippen LogP contribution in [0.4, 0.5) is 5.82 Å². The van der Waals surface area contributed by atoms with Crippen LogP contribution in [0, 0.1) is 0 Å². The lowest BCUT2D eigenvalue weighted by molar-refractivity contribution is 0.752. The van der Waals surface area contributed by atoms with Crippen LogP contribution < -0.4 is 10.6 Å². The molecule has 1 aliphatic heterocycles. The quantitative estimate of drug-likeness (QED) is 0.907. The van der Waals surface area contributed by atoms with Gasteiger partial charge in [-0.05, 0) is 38.1 Å². The molecule has 0 radical (unpaired) electrons. The molecule has 3 heterocycles. The lowest BCUT2D eigenvalue weighted by atomic mass is 10.1. The summed E-state index contributed by atoms with van der Waals surface area (Å²) in [6, 6.07) is 2.65. The third-order valence-corrected chi connectivity index (χ3v) is 4.64. The SMILES string of the molecule is CC(C)c1cc2nc3c(c(NC4CCNC4)n2n1)CCC3. The zero-order valence-corrected chi connectivity index (χ0v) is 12.8. The second kappa shape index (κ2) is 4.98. The van der Waals surface area contributed by atoms with Crippen LogP contribution in [0.1, 0.15) is 49.6 Å². The average molecular weight is 285 g/mol. The Labute approximate surface area is 125 Å². The molecule has 21 heavy (non-hydrogen) atoms. The van der Waals surface area contributed by atoms with Crippen molar-refractivity contribution in [3.8, 4) is 0 Å². The molecule has 1 atom stereocenters. The van der Waals surface area contributed by atoms with E-state index in [0.29, 0.717) is 12.0 Å². The number of anilines is 1. The number of hydrogen-bond acceptors (Lipinski definition) is 4. The monoisotopic (exact) mass is 285 g/mol. The van der Waals surface area contributed by atoms with Gasteiger partial charge in [0, 0.05) is 29.9 Å². The van der Waals surface area contributed by atoms with Crippen LogP contribution in [-0.4, -0.2) is 33.7 Å². The Morgan fingerprint density at radius 3 is 3.05 bits per heavy atom. The van der Waals surface area contributed by atoms with Crippen LogP contribution in [0.3, 0.4) is 0 Å². The van der Waals surface area contributed by atoms with Gasteiger partial charge in [0.25, 0.3) is 0 Å². The lowest BCUT2D eigenvalue weighted by Crippen LogP contribution is -2.24. The lowest BCUT2D eigenvalue weighted by Gasteiger charge is -2.17. The van der Waals surface area contributed by atoms with Gasteiger partial charge in [-0.25, -0.2) is 4.98 Å². The minimum Gasteiger partial charge on any atom is -0.366 e. The fourth-order valence-corrected chi connectivity index (χ4v) is 3.41. The summed E-state index contributed by atoms with van der Waals surface area (Å²) in [5, 5.41) is 12.0. The minimum absolute atomic E-state index is 0.433. The van der Waals surface area contributed by atoms with Crippen molar-refractivity contribution in [2.24, 2.45) is 0 Å². The maximum Gasteiger partial charge on any atom is 0.157 e. The zero-order valence-electron chi connectivity index (χ0n) is 12.8. The van der Waals surface area contributed by atoms with Gasteiger partial charge in [-0.15, -0.1) is 0 Å². The summed E-state index contributed by atoms with van der Waals surface area (Å²) >= 11 is 0. The predicted octanol–water partition coefficient (Wildman–Crippen LogP) is 2.12. The van der Waals surface area contributed by atoms with E-state index in [2.05, 4.69) is 30.5 Å². The van der Waals surface area contributed by atoms with Crippen molar-refractivity contribution in [1.29, 1.82) is 0 Å². The van der Waals surface area contributed by atoms with Crippen molar-refractivity contribution in [2.75, 3.05) is 18.4 Å². The first-order valence-corrected chi connectivity index (χ1v) is 8.11. The molecule has 2 aromatic rings. The maximum atomic E-state index is 4.84. The van der Waals surface area contributed by atoms with Crippen LogP contribution >= 0.6 is 0 Å². The molecule has 2 aliphatic rings. The van der Waals surface area contributed by atoms with Gasteiger partial charge in [-0.3, -0.25) is 0 Å². The molecular formula is C16H23N5. The molecule has 0 bridgehead atoms. The van der Waals surface area contributed by atoms with Crippen molar-refractivity contribution in [3.63, 3.8) is 0 Å². The summed E-state index contributed by atoms with van der Waals surface area (Å²) in [5.74, 6) is 1.62. The molecule has 2 N–H and O–H groups in total. The zero-order chi connectivity index (χ0) is 14.4. The average Bonchev–Trinajstić information content (AvgIpc) is 3.17. The topological polar surface area (TPSA) is 54.2 Å². The molecule has 112 valence electrons. The van der Waals surface area contributed by atoms with Crippen molar-refractivity contribution >= 4 is 11.5 Å². The van der Waals surface area contributed by atoms with Gasteiger partial charge < -0.3 is 10.6 Å². The Balaban J connectivity index is 1.83. The number of aryl methyl sites for hydroxylation is 1. The van der Waals surface area contributed by atoms with E-state index in [-0.39, 0.29) is 0 Å². The fraction of sp³-hybridized carbons (Fsp3) is 0.625. The Hall–Kier alpha value is -1.62. The normalized spacial score (nSPS) is 21.4. The van der Waals surface area contributed by atoms with Crippen LogP contribution in [-0.2, 0) is 12.8 Å². The van der Waals surface area contributed by atoms with Crippen molar-refractivity contribution in [3.05, 3.63) is 23.0 Å². The third-order valence-electron chi connectivity index (χ3n) is 4.64. The van der Waals surface area contributed by atoms with Crippen molar-refractivity contribution in [2.45, 2.75) is 51.5 Å². The third kappa shape index (κ3) is 2.20. The second-order valence-corrected chi connectivity index (χ2v) is 6.57. The molecule has 2 aromatic heterocycles. The van der Waals surface area contributed by atoms with Gasteiger partial charge in [-0.2, -0.15) is 9.61 Å². The second-order valence-electron chi connectivity index (χ2n) is 6.57. The molecule has 0 aromatic carbocycles. The van der Waals surface area contributed by atoms with E-state index in [9.17, 15) is 0 Å². The van der Waals surface area contributed by atoms with E-state index in [4.69, 9.17) is 10.1 Å². The van der Waals surface area contributed by atoms with E-state index < -0.39 is 0 Å². The molecule has 5 nitrogen and oxygen atoms in total. The molecule has 0 spiro atoms. The Kier molecular flexibility index (Phi) is 3.10. The van der Waals surface area contributed by atoms with Crippen LogP contribution in [0.5, 0.6) is 0 Å². The summed E-state index contributed by atoms with van der Waals surface area (Å²) in [4.78, 5) is 4.84. The summed E-state index contributed by atoms with van der Waals surface area (Å²) in [6.07, 6.45) is 4.62. The van der Waals surface area contributed by atoms with E-state index in [0.717, 1.165) is 37.3 Å². The van der Waals surface area contributed by atoms with Crippen molar-refractivity contribution < 1.29 is 0 Å². The molecule has 1 unspecified atom stereocenters. The molecule has 4 rings (SSSR count). The first kappa shape index (κ1) is 13.1. The minimum atomic E-state index is 0.433. The van der Waals surface area contributed by atoms with Gasteiger partial charge in [0.15, 0.2) is 5.65 Å². The Bertz CT molecular complexity index is 667. The highest BCUT2D eigenvalue weighted by Crippen LogP contribution is 2.30. The number of nitrogens with one attached hydrogen (secondary N) is 2. The van der Waals surface area contributed by atoms with Gasteiger partial charge >= 0.3 is 0 Å². The van der Waals surface area contributed by atoms with Crippen LogP contribution in [0.2, 0.25) is 0 Å². The summed E-state index contributed by atoms with van der Waals surface area (Å²) in [5.41, 5.74) is 4.77. The molecule has 1 fully saturated rings. The highest BCUT2D eigenvalue weighted by molar-refractivity contribution is 5.58. The molecule has 0 saturated carbocycles. The summed E-state index contributed by atoms with van der Waals surface area (Å²) < 4.78 is 2.04. The Morgan fingerprint density at radius 1 is 1.38 bits per heavy atom. The van der Waals surface area contributed by atoms with E-state index in [1.54, 1.807) is 0 Å². The maximum absolute atomic E-state index is 4.84. The van der Waals surface area contributed by atoms with Gasteiger partial charge in [-0.1, -0.05) is 13.8 Å². The largest absolute Gasteiger partial charge is 0.366 e. The van der Waals surface area contributed by atoms with E-state index >= 15 is 0 Å².